The van der Waals surface area contributed by atoms with Crippen molar-refractivity contribution in [3.05, 3.63) is 59.4 Å². The number of rotatable bonds is 4. The van der Waals surface area contributed by atoms with E-state index in [1.807, 2.05) is 36.4 Å². The molecule has 2 aromatic heterocycles. The summed E-state index contributed by atoms with van der Waals surface area (Å²) in [6.07, 6.45) is 5.68. The third-order valence-electron chi connectivity index (χ3n) is 5.17. The Morgan fingerprint density at radius 2 is 1.97 bits per heavy atom. The first-order valence-corrected chi connectivity index (χ1v) is 8.99. The van der Waals surface area contributed by atoms with Gasteiger partial charge in [-0.2, -0.15) is 0 Å². The Hall–Kier alpha value is -3.94. The van der Waals surface area contributed by atoms with Gasteiger partial charge in [0, 0.05) is 22.7 Å². The van der Waals surface area contributed by atoms with Crippen LogP contribution in [0, 0.1) is 0 Å². The van der Waals surface area contributed by atoms with E-state index in [-0.39, 0.29) is 5.91 Å². The van der Waals surface area contributed by atoms with Crippen LogP contribution in [0.1, 0.15) is 16.1 Å². The molecule has 3 heterocycles. The van der Waals surface area contributed by atoms with Crippen molar-refractivity contribution in [2.45, 2.75) is 6.54 Å². The minimum Gasteiger partial charge on any atom is -0.480 e. The van der Waals surface area contributed by atoms with E-state index in [1.54, 1.807) is 11.0 Å². The lowest BCUT2D eigenvalue weighted by Crippen LogP contribution is -2.24. The standard InChI is InChI=1S/C21H17N5O3/c1-28-16-9-14(20(29-2)25-24-16)12-7-4-8-13-18(22)17-15(23-19(12)13)10-26(21(17)27)11-5-3-6-11/h3-9H,10H2,1-2H3,(H2,22,23). The summed E-state index contributed by atoms with van der Waals surface area (Å²) >= 11 is 0. The first-order valence-electron chi connectivity index (χ1n) is 8.99. The number of methoxy groups -OCH3 is 2. The summed E-state index contributed by atoms with van der Waals surface area (Å²) < 4.78 is 10.6. The minimum absolute atomic E-state index is 0.127. The number of benzene rings is 1. The average Bonchev–Trinajstić information content (AvgIpc) is 3.02. The number of para-hydroxylation sites is 1. The van der Waals surface area contributed by atoms with Crippen molar-refractivity contribution in [2.24, 2.45) is 0 Å². The van der Waals surface area contributed by atoms with E-state index in [2.05, 4.69) is 10.2 Å². The molecule has 144 valence electrons. The Balaban J connectivity index is 1.73. The number of nitrogens with two attached hydrogens (primary N) is 1. The maximum absolute atomic E-state index is 12.9. The van der Waals surface area contributed by atoms with E-state index >= 15 is 0 Å². The molecule has 2 aliphatic rings. The molecule has 0 atom stereocenters. The van der Waals surface area contributed by atoms with Gasteiger partial charge in [0.05, 0.1) is 48.8 Å². The van der Waals surface area contributed by atoms with Crippen molar-refractivity contribution < 1.29 is 14.3 Å². The lowest BCUT2D eigenvalue weighted by atomic mass is 10.00. The number of carbonyl (C=O) groups is 1. The lowest BCUT2D eigenvalue weighted by molar-refractivity contribution is 0.0831. The molecule has 0 saturated carbocycles. The number of fused-ring (bicyclic) bond motifs is 2. The monoisotopic (exact) mass is 387 g/mol. The molecule has 0 saturated heterocycles. The molecular formula is C21H17N5O3. The highest BCUT2D eigenvalue weighted by molar-refractivity contribution is 6.12. The molecule has 8 heteroatoms. The molecule has 5 rings (SSSR count). The van der Waals surface area contributed by atoms with E-state index in [0.717, 1.165) is 11.3 Å². The predicted octanol–water partition coefficient (Wildman–Crippen LogP) is 2.70. The molecular weight excluding hydrogens is 370 g/mol. The second-order valence-electron chi connectivity index (χ2n) is 6.70. The van der Waals surface area contributed by atoms with Crippen molar-refractivity contribution in [2.75, 3.05) is 20.0 Å². The summed E-state index contributed by atoms with van der Waals surface area (Å²) in [4.78, 5) is 19.4. The summed E-state index contributed by atoms with van der Waals surface area (Å²) in [5.74, 6) is 0.580. The van der Waals surface area contributed by atoms with E-state index < -0.39 is 0 Å². The number of allylic oxidation sites excluding steroid dienone is 3. The smallest absolute Gasteiger partial charge is 0.262 e. The van der Waals surface area contributed by atoms with Gasteiger partial charge in [-0.15, -0.1) is 10.2 Å². The zero-order chi connectivity index (χ0) is 20.1. The van der Waals surface area contributed by atoms with Gasteiger partial charge in [-0.05, 0) is 12.2 Å². The van der Waals surface area contributed by atoms with Crippen LogP contribution >= 0.6 is 0 Å². The number of hydrogen-bond acceptors (Lipinski definition) is 7. The van der Waals surface area contributed by atoms with Gasteiger partial charge in [-0.3, -0.25) is 4.79 Å². The van der Waals surface area contributed by atoms with Gasteiger partial charge >= 0.3 is 0 Å². The van der Waals surface area contributed by atoms with E-state index in [1.165, 1.54) is 14.2 Å². The van der Waals surface area contributed by atoms with E-state index in [9.17, 15) is 4.79 Å². The number of amides is 1. The van der Waals surface area contributed by atoms with E-state index in [0.29, 0.717) is 51.7 Å². The summed E-state index contributed by atoms with van der Waals surface area (Å²) in [6, 6.07) is 7.38. The third kappa shape index (κ3) is 2.46. The van der Waals surface area contributed by atoms with Gasteiger partial charge in [0.2, 0.25) is 11.8 Å². The SMILES string of the molecule is COc1cc(-c2cccc3c(N)c4c(nc23)CN(C2=CC=C2)C4=O)c(OC)nn1. The first-order chi connectivity index (χ1) is 14.1. The molecule has 2 N–H and O–H groups in total. The Labute approximate surface area is 166 Å². The number of carbonyl (C=O) groups excluding carboxylic acids is 1. The molecule has 0 radical (unpaired) electrons. The number of pyridine rings is 1. The molecule has 29 heavy (non-hydrogen) atoms. The molecule has 3 aromatic rings. The lowest BCUT2D eigenvalue weighted by Gasteiger charge is -2.19. The maximum Gasteiger partial charge on any atom is 0.262 e. The second kappa shape index (κ2) is 6.30. The van der Waals surface area contributed by atoms with Crippen LogP contribution in [0.15, 0.2) is 48.2 Å². The zero-order valence-corrected chi connectivity index (χ0v) is 15.8. The molecule has 0 unspecified atom stereocenters. The van der Waals surface area contributed by atoms with Gasteiger partial charge in [0.25, 0.3) is 5.91 Å². The minimum atomic E-state index is -0.127. The molecule has 1 aliphatic heterocycles. The largest absolute Gasteiger partial charge is 0.480 e. The fourth-order valence-corrected chi connectivity index (χ4v) is 3.67. The molecule has 0 spiro atoms. The second-order valence-corrected chi connectivity index (χ2v) is 6.70. The fraction of sp³-hybridized carbons (Fsp3) is 0.143. The highest BCUT2D eigenvalue weighted by atomic mass is 16.5. The van der Waals surface area contributed by atoms with Crippen LogP contribution in [-0.2, 0) is 6.54 Å². The van der Waals surface area contributed by atoms with Crippen LogP contribution in [0.25, 0.3) is 22.0 Å². The number of anilines is 1. The number of aromatic nitrogens is 3. The Morgan fingerprint density at radius 1 is 1.14 bits per heavy atom. The summed E-state index contributed by atoms with van der Waals surface area (Å²) in [7, 11) is 3.05. The number of nitrogen functional groups attached to an aromatic ring is 1. The van der Waals surface area contributed by atoms with Gasteiger partial charge < -0.3 is 20.1 Å². The Bertz CT molecular complexity index is 1250. The molecule has 8 nitrogen and oxygen atoms in total. The van der Waals surface area contributed by atoms with Crippen molar-refractivity contribution in [1.29, 1.82) is 0 Å². The molecule has 0 bridgehead atoms. The normalized spacial score (nSPS) is 14.6. The van der Waals surface area contributed by atoms with Crippen molar-refractivity contribution in [1.82, 2.24) is 20.1 Å². The number of nitrogens with zero attached hydrogens (tertiary/aromatic N) is 4. The molecule has 0 fully saturated rings. The van der Waals surface area contributed by atoms with Gasteiger partial charge in [-0.25, -0.2) is 4.98 Å². The van der Waals surface area contributed by atoms with Crippen LogP contribution in [0.4, 0.5) is 5.69 Å². The van der Waals surface area contributed by atoms with Crippen LogP contribution < -0.4 is 15.2 Å². The summed E-state index contributed by atoms with van der Waals surface area (Å²) in [6.45, 7) is 0.383. The average molecular weight is 387 g/mol. The summed E-state index contributed by atoms with van der Waals surface area (Å²) in [5.41, 5.74) is 11.0. The van der Waals surface area contributed by atoms with Crippen LogP contribution in [0.3, 0.4) is 0 Å². The van der Waals surface area contributed by atoms with Crippen LogP contribution in [-0.4, -0.2) is 40.2 Å². The predicted molar refractivity (Wildman–Crippen MR) is 107 cm³/mol. The zero-order valence-electron chi connectivity index (χ0n) is 15.8. The third-order valence-corrected chi connectivity index (χ3v) is 5.17. The van der Waals surface area contributed by atoms with Gasteiger partial charge in [0.15, 0.2) is 0 Å². The molecule has 1 aliphatic carbocycles. The van der Waals surface area contributed by atoms with Crippen molar-refractivity contribution in [3.63, 3.8) is 0 Å². The van der Waals surface area contributed by atoms with Crippen molar-refractivity contribution in [3.8, 4) is 22.9 Å². The van der Waals surface area contributed by atoms with Gasteiger partial charge in [-0.1, -0.05) is 24.3 Å². The highest BCUT2D eigenvalue weighted by Gasteiger charge is 2.34. The quantitative estimate of drug-likeness (QED) is 0.734. The maximum atomic E-state index is 12.9. The van der Waals surface area contributed by atoms with Gasteiger partial charge in [0.1, 0.15) is 0 Å². The van der Waals surface area contributed by atoms with Crippen LogP contribution in [0.2, 0.25) is 0 Å². The topological polar surface area (TPSA) is 103 Å². The Morgan fingerprint density at radius 3 is 2.66 bits per heavy atom. The molecule has 1 amide bonds. The fourth-order valence-electron chi connectivity index (χ4n) is 3.67. The van der Waals surface area contributed by atoms with Crippen LogP contribution in [0.5, 0.6) is 11.8 Å². The molecule has 1 aromatic carbocycles. The number of hydrogen-bond donors (Lipinski definition) is 1. The summed E-state index contributed by atoms with van der Waals surface area (Å²) in [5, 5.41) is 8.74. The van der Waals surface area contributed by atoms with Crippen molar-refractivity contribution >= 4 is 22.5 Å². The number of ether oxygens (including phenoxy) is 2. The van der Waals surface area contributed by atoms with E-state index in [4.69, 9.17) is 20.2 Å². The highest BCUT2D eigenvalue weighted by Crippen LogP contribution is 2.40. The Kier molecular flexibility index (Phi) is 3.73. The first kappa shape index (κ1) is 17.2.